The van der Waals surface area contributed by atoms with Crippen LogP contribution < -0.4 is 5.73 Å². The van der Waals surface area contributed by atoms with E-state index in [1.807, 2.05) is 18.5 Å². The molecule has 6 heteroatoms. The molecule has 0 fully saturated rings. The SMILES string of the molecule is Br.Cn1nccc1-c1csc(N)n1. The minimum atomic E-state index is 0. The third kappa shape index (κ3) is 1.89. The van der Waals surface area contributed by atoms with Gasteiger partial charge in [0.15, 0.2) is 5.13 Å². The van der Waals surface area contributed by atoms with Crippen LogP contribution in [0.4, 0.5) is 5.13 Å². The molecule has 0 atom stereocenters. The summed E-state index contributed by atoms with van der Waals surface area (Å²) in [6.45, 7) is 0. The number of hydrogen-bond acceptors (Lipinski definition) is 4. The molecule has 0 radical (unpaired) electrons. The first-order valence-corrected chi connectivity index (χ1v) is 4.35. The van der Waals surface area contributed by atoms with E-state index in [1.54, 1.807) is 10.9 Å². The Morgan fingerprint density at radius 2 is 2.31 bits per heavy atom. The van der Waals surface area contributed by atoms with Gasteiger partial charge in [-0.05, 0) is 6.07 Å². The Morgan fingerprint density at radius 3 is 2.77 bits per heavy atom. The molecule has 0 aromatic carbocycles. The Kier molecular flexibility index (Phi) is 3.05. The first kappa shape index (κ1) is 10.2. The van der Waals surface area contributed by atoms with Gasteiger partial charge >= 0.3 is 0 Å². The number of nitrogens with zero attached hydrogens (tertiary/aromatic N) is 3. The number of halogens is 1. The number of anilines is 1. The molecular formula is C7H9BrN4S. The lowest BCUT2D eigenvalue weighted by molar-refractivity contribution is 0.774. The minimum Gasteiger partial charge on any atom is -0.375 e. The number of hydrogen-bond donors (Lipinski definition) is 1. The number of rotatable bonds is 1. The van der Waals surface area contributed by atoms with Crippen LogP contribution >= 0.6 is 28.3 Å². The molecule has 2 aromatic rings. The van der Waals surface area contributed by atoms with Crippen molar-refractivity contribution in [3.63, 3.8) is 0 Å². The highest BCUT2D eigenvalue weighted by Gasteiger charge is 2.05. The molecule has 13 heavy (non-hydrogen) atoms. The van der Waals surface area contributed by atoms with E-state index >= 15 is 0 Å². The highest BCUT2D eigenvalue weighted by Crippen LogP contribution is 2.21. The van der Waals surface area contributed by atoms with Crippen LogP contribution in [-0.4, -0.2) is 14.8 Å². The van der Waals surface area contributed by atoms with E-state index in [9.17, 15) is 0 Å². The second kappa shape index (κ2) is 3.89. The zero-order valence-electron chi connectivity index (χ0n) is 6.97. The van der Waals surface area contributed by atoms with Gasteiger partial charge in [0, 0.05) is 18.6 Å². The van der Waals surface area contributed by atoms with Crippen LogP contribution in [0.25, 0.3) is 11.4 Å². The summed E-state index contributed by atoms with van der Waals surface area (Å²) in [7, 11) is 1.88. The second-order valence-electron chi connectivity index (χ2n) is 2.41. The summed E-state index contributed by atoms with van der Waals surface area (Å²) in [5.41, 5.74) is 7.39. The molecule has 0 bridgehead atoms. The number of thiazole rings is 1. The van der Waals surface area contributed by atoms with Crippen LogP contribution in [0.5, 0.6) is 0 Å². The predicted octanol–water partition coefficient (Wildman–Crippen LogP) is 1.70. The molecule has 2 rings (SSSR count). The topological polar surface area (TPSA) is 56.7 Å². The maximum atomic E-state index is 5.51. The molecule has 0 aliphatic heterocycles. The number of aromatic nitrogens is 3. The fourth-order valence-corrected chi connectivity index (χ4v) is 1.59. The smallest absolute Gasteiger partial charge is 0.180 e. The van der Waals surface area contributed by atoms with E-state index in [0.29, 0.717) is 5.13 Å². The van der Waals surface area contributed by atoms with E-state index in [1.165, 1.54) is 11.3 Å². The van der Waals surface area contributed by atoms with Crippen LogP contribution in [0, 0.1) is 0 Å². The molecule has 2 N–H and O–H groups in total. The molecule has 2 heterocycles. The van der Waals surface area contributed by atoms with Gasteiger partial charge in [-0.15, -0.1) is 28.3 Å². The highest BCUT2D eigenvalue weighted by atomic mass is 79.9. The summed E-state index contributed by atoms with van der Waals surface area (Å²) in [5, 5.41) is 6.55. The second-order valence-corrected chi connectivity index (χ2v) is 3.30. The van der Waals surface area contributed by atoms with Gasteiger partial charge in [-0.25, -0.2) is 4.98 Å². The van der Waals surface area contributed by atoms with E-state index in [4.69, 9.17) is 5.73 Å². The maximum absolute atomic E-state index is 5.51. The van der Waals surface area contributed by atoms with Crippen molar-refractivity contribution >= 4 is 33.4 Å². The van der Waals surface area contributed by atoms with Gasteiger partial charge in [0.05, 0.1) is 5.69 Å². The zero-order valence-corrected chi connectivity index (χ0v) is 9.50. The van der Waals surface area contributed by atoms with Gasteiger partial charge in [-0.3, -0.25) is 4.68 Å². The Bertz CT molecular complexity index is 395. The Balaban J connectivity index is 0.000000845. The average molecular weight is 261 g/mol. The van der Waals surface area contributed by atoms with Crippen molar-refractivity contribution in [3.05, 3.63) is 17.6 Å². The van der Waals surface area contributed by atoms with Gasteiger partial charge in [0.2, 0.25) is 0 Å². The minimum absolute atomic E-state index is 0. The van der Waals surface area contributed by atoms with Crippen molar-refractivity contribution in [3.8, 4) is 11.4 Å². The Hall–Kier alpha value is -0.880. The zero-order chi connectivity index (χ0) is 8.55. The first-order valence-electron chi connectivity index (χ1n) is 3.47. The predicted molar refractivity (Wildman–Crippen MR) is 59.1 cm³/mol. The molecule has 0 saturated heterocycles. The van der Waals surface area contributed by atoms with E-state index < -0.39 is 0 Å². The van der Waals surface area contributed by atoms with Crippen LogP contribution in [0.3, 0.4) is 0 Å². The lowest BCUT2D eigenvalue weighted by Crippen LogP contribution is -1.93. The summed E-state index contributed by atoms with van der Waals surface area (Å²) in [6, 6.07) is 1.91. The fourth-order valence-electron chi connectivity index (χ4n) is 1.03. The Morgan fingerprint density at radius 1 is 1.54 bits per heavy atom. The number of aryl methyl sites for hydroxylation is 1. The normalized spacial score (nSPS) is 9.62. The largest absolute Gasteiger partial charge is 0.375 e. The molecule has 0 aliphatic rings. The van der Waals surface area contributed by atoms with E-state index in [2.05, 4.69) is 10.1 Å². The van der Waals surface area contributed by atoms with Gasteiger partial charge in [0.25, 0.3) is 0 Å². The fraction of sp³-hybridized carbons (Fsp3) is 0.143. The molecule has 0 amide bonds. The van der Waals surface area contributed by atoms with Gasteiger partial charge in [-0.1, -0.05) is 0 Å². The van der Waals surface area contributed by atoms with Gasteiger partial charge in [-0.2, -0.15) is 5.10 Å². The summed E-state index contributed by atoms with van der Waals surface area (Å²) < 4.78 is 1.77. The van der Waals surface area contributed by atoms with Crippen LogP contribution in [-0.2, 0) is 7.05 Å². The summed E-state index contributed by atoms with van der Waals surface area (Å²) in [6.07, 6.45) is 1.74. The van der Waals surface area contributed by atoms with Crippen molar-refractivity contribution in [1.82, 2.24) is 14.8 Å². The van der Waals surface area contributed by atoms with Crippen LogP contribution in [0.2, 0.25) is 0 Å². The standard InChI is InChI=1S/C7H8N4S.BrH/c1-11-6(2-3-9-11)5-4-12-7(8)10-5;/h2-4H,1H3,(H2,8,10);1H. The Labute approximate surface area is 90.2 Å². The summed E-state index contributed by atoms with van der Waals surface area (Å²) in [4.78, 5) is 4.15. The lowest BCUT2D eigenvalue weighted by atomic mass is 10.3. The van der Waals surface area contributed by atoms with E-state index in [-0.39, 0.29) is 17.0 Å². The third-order valence-electron chi connectivity index (χ3n) is 1.61. The highest BCUT2D eigenvalue weighted by molar-refractivity contribution is 8.93. The molecule has 0 aliphatic carbocycles. The molecular weight excluding hydrogens is 252 g/mol. The summed E-state index contributed by atoms with van der Waals surface area (Å²) in [5.74, 6) is 0. The first-order chi connectivity index (χ1) is 5.77. The van der Waals surface area contributed by atoms with Crippen molar-refractivity contribution < 1.29 is 0 Å². The molecule has 0 spiro atoms. The van der Waals surface area contributed by atoms with E-state index in [0.717, 1.165) is 11.4 Å². The molecule has 4 nitrogen and oxygen atoms in total. The molecule has 2 aromatic heterocycles. The van der Waals surface area contributed by atoms with Crippen molar-refractivity contribution in [2.75, 3.05) is 5.73 Å². The number of nitrogen functional groups attached to an aromatic ring is 1. The number of nitrogens with two attached hydrogens (primary N) is 1. The van der Waals surface area contributed by atoms with Crippen molar-refractivity contribution in [2.24, 2.45) is 7.05 Å². The lowest BCUT2D eigenvalue weighted by Gasteiger charge is -1.94. The van der Waals surface area contributed by atoms with Crippen molar-refractivity contribution in [1.29, 1.82) is 0 Å². The van der Waals surface area contributed by atoms with Gasteiger partial charge in [0.1, 0.15) is 5.69 Å². The average Bonchev–Trinajstić information content (AvgIpc) is 2.58. The van der Waals surface area contributed by atoms with Crippen LogP contribution in [0.1, 0.15) is 0 Å². The third-order valence-corrected chi connectivity index (χ3v) is 2.28. The summed E-state index contributed by atoms with van der Waals surface area (Å²) >= 11 is 1.44. The maximum Gasteiger partial charge on any atom is 0.180 e. The molecule has 0 unspecified atom stereocenters. The van der Waals surface area contributed by atoms with Gasteiger partial charge < -0.3 is 5.73 Å². The molecule has 0 saturated carbocycles. The molecule has 70 valence electrons. The van der Waals surface area contributed by atoms with Crippen LogP contribution in [0.15, 0.2) is 17.6 Å². The quantitative estimate of drug-likeness (QED) is 0.850. The van der Waals surface area contributed by atoms with Crippen molar-refractivity contribution in [2.45, 2.75) is 0 Å². The monoisotopic (exact) mass is 260 g/mol.